The van der Waals surface area contributed by atoms with Gasteiger partial charge >= 0.3 is 0 Å². The maximum Gasteiger partial charge on any atom is 0.216 e. The van der Waals surface area contributed by atoms with Crippen LogP contribution < -0.4 is 5.32 Å². The third kappa shape index (κ3) is 3.43. The largest absolute Gasteiger partial charge is 0.314 e. The summed E-state index contributed by atoms with van der Waals surface area (Å²) < 4.78 is 26.0. The second-order valence-corrected chi connectivity index (χ2v) is 8.69. The van der Waals surface area contributed by atoms with Gasteiger partial charge in [-0.3, -0.25) is 0 Å². The van der Waals surface area contributed by atoms with Crippen molar-refractivity contribution in [3.8, 4) is 0 Å². The molecule has 3 rings (SSSR count). The predicted molar refractivity (Wildman–Crippen MR) is 81.0 cm³/mol. The lowest BCUT2D eigenvalue weighted by Crippen LogP contribution is -2.46. The van der Waals surface area contributed by atoms with Gasteiger partial charge in [-0.15, -0.1) is 0 Å². The molecule has 1 heterocycles. The highest BCUT2D eigenvalue weighted by Gasteiger charge is 2.41. The molecule has 1 aliphatic heterocycles. The fourth-order valence-corrected chi connectivity index (χ4v) is 5.14. The van der Waals surface area contributed by atoms with Gasteiger partial charge in [0.1, 0.15) is 0 Å². The molecule has 1 atom stereocenters. The summed E-state index contributed by atoms with van der Waals surface area (Å²) in [7, 11) is -2.95. The van der Waals surface area contributed by atoms with Gasteiger partial charge in [0, 0.05) is 19.1 Å². The topological polar surface area (TPSA) is 49.4 Å². The van der Waals surface area contributed by atoms with E-state index in [0.29, 0.717) is 19.1 Å². The van der Waals surface area contributed by atoms with E-state index in [-0.39, 0.29) is 5.25 Å². The van der Waals surface area contributed by atoms with Crippen LogP contribution in [0.1, 0.15) is 44.9 Å². The SMILES string of the molecule is O=S(=O)(C1CC1)N1CCC(NC[C@@H]2CC=CCC2)CC1. The van der Waals surface area contributed by atoms with Crippen molar-refractivity contribution in [1.82, 2.24) is 9.62 Å². The summed E-state index contributed by atoms with van der Waals surface area (Å²) in [6, 6.07) is 0.506. The van der Waals surface area contributed by atoms with Gasteiger partial charge in [-0.25, -0.2) is 12.7 Å². The zero-order valence-corrected chi connectivity index (χ0v) is 12.9. The van der Waals surface area contributed by atoms with E-state index in [9.17, 15) is 8.42 Å². The van der Waals surface area contributed by atoms with Gasteiger partial charge in [0.25, 0.3) is 0 Å². The third-order valence-corrected chi connectivity index (χ3v) is 7.23. The number of allylic oxidation sites excluding steroid dienone is 2. The van der Waals surface area contributed by atoms with Crippen LogP contribution in [0.15, 0.2) is 12.2 Å². The highest BCUT2D eigenvalue weighted by Crippen LogP contribution is 2.32. The average Bonchev–Trinajstić information content (AvgIpc) is 3.32. The molecular weight excluding hydrogens is 272 g/mol. The molecule has 2 aliphatic carbocycles. The van der Waals surface area contributed by atoms with E-state index in [4.69, 9.17) is 0 Å². The van der Waals surface area contributed by atoms with Crippen molar-refractivity contribution in [2.24, 2.45) is 5.92 Å². The Bertz CT molecular complexity index is 448. The number of hydrogen-bond acceptors (Lipinski definition) is 3. The van der Waals surface area contributed by atoms with E-state index in [1.807, 2.05) is 0 Å². The maximum atomic E-state index is 12.2. The van der Waals surface area contributed by atoms with Crippen molar-refractivity contribution >= 4 is 10.0 Å². The summed E-state index contributed by atoms with van der Waals surface area (Å²) in [6.45, 7) is 2.51. The highest BCUT2D eigenvalue weighted by molar-refractivity contribution is 7.90. The Morgan fingerprint density at radius 1 is 1.05 bits per heavy atom. The van der Waals surface area contributed by atoms with Gasteiger partial charge in [0.2, 0.25) is 10.0 Å². The van der Waals surface area contributed by atoms with Gasteiger partial charge in [0.05, 0.1) is 5.25 Å². The Morgan fingerprint density at radius 3 is 2.40 bits per heavy atom. The Kier molecular flexibility index (Phi) is 4.48. The van der Waals surface area contributed by atoms with Crippen LogP contribution in [0.25, 0.3) is 0 Å². The molecule has 0 aromatic carbocycles. The third-order valence-electron chi connectivity index (χ3n) is 4.83. The van der Waals surface area contributed by atoms with Crippen LogP contribution in [-0.2, 0) is 10.0 Å². The monoisotopic (exact) mass is 298 g/mol. The molecule has 0 aromatic rings. The van der Waals surface area contributed by atoms with Crippen LogP contribution in [-0.4, -0.2) is 43.6 Å². The number of rotatable bonds is 5. The molecule has 0 amide bonds. The molecule has 20 heavy (non-hydrogen) atoms. The van der Waals surface area contributed by atoms with Crippen LogP contribution in [0.5, 0.6) is 0 Å². The smallest absolute Gasteiger partial charge is 0.216 e. The second kappa shape index (κ2) is 6.16. The van der Waals surface area contributed by atoms with Crippen LogP contribution in [0.3, 0.4) is 0 Å². The van der Waals surface area contributed by atoms with Crippen molar-refractivity contribution in [1.29, 1.82) is 0 Å². The minimum atomic E-state index is -2.95. The maximum absolute atomic E-state index is 12.2. The van der Waals surface area contributed by atoms with Crippen molar-refractivity contribution in [3.63, 3.8) is 0 Å². The molecule has 0 unspecified atom stereocenters. The molecule has 0 bridgehead atoms. The first kappa shape index (κ1) is 14.5. The molecule has 0 radical (unpaired) electrons. The Balaban J connectivity index is 1.41. The molecule has 1 saturated heterocycles. The van der Waals surface area contributed by atoms with E-state index in [0.717, 1.165) is 38.1 Å². The summed E-state index contributed by atoms with van der Waals surface area (Å²) in [6.07, 6.45) is 11.9. The first-order valence-corrected chi connectivity index (χ1v) is 9.54. The van der Waals surface area contributed by atoms with Gasteiger partial charge in [-0.2, -0.15) is 0 Å². The number of piperidine rings is 1. The minimum Gasteiger partial charge on any atom is -0.314 e. The second-order valence-electron chi connectivity index (χ2n) is 6.48. The molecular formula is C15H26N2O2S. The number of sulfonamides is 1. The first-order chi connectivity index (χ1) is 9.66. The lowest BCUT2D eigenvalue weighted by Gasteiger charge is -2.32. The fraction of sp³-hybridized carbons (Fsp3) is 0.867. The van der Waals surface area contributed by atoms with Crippen molar-refractivity contribution in [2.45, 2.75) is 56.2 Å². The van der Waals surface area contributed by atoms with Gasteiger partial charge in [0.15, 0.2) is 0 Å². The lowest BCUT2D eigenvalue weighted by molar-refractivity contribution is 0.277. The lowest BCUT2D eigenvalue weighted by atomic mass is 9.94. The van der Waals surface area contributed by atoms with Crippen molar-refractivity contribution in [2.75, 3.05) is 19.6 Å². The fourth-order valence-electron chi connectivity index (χ4n) is 3.27. The van der Waals surface area contributed by atoms with Crippen LogP contribution in [0, 0.1) is 5.92 Å². The van der Waals surface area contributed by atoms with Gasteiger partial charge in [-0.05, 0) is 57.4 Å². The van der Waals surface area contributed by atoms with Crippen LogP contribution >= 0.6 is 0 Å². The molecule has 114 valence electrons. The summed E-state index contributed by atoms with van der Waals surface area (Å²) in [4.78, 5) is 0. The first-order valence-electron chi connectivity index (χ1n) is 8.03. The molecule has 3 aliphatic rings. The van der Waals surface area contributed by atoms with Crippen LogP contribution in [0.4, 0.5) is 0 Å². The molecule has 5 heteroatoms. The molecule has 0 spiro atoms. The van der Waals surface area contributed by atoms with E-state index in [1.54, 1.807) is 4.31 Å². The molecule has 4 nitrogen and oxygen atoms in total. The zero-order chi connectivity index (χ0) is 14.0. The quantitative estimate of drug-likeness (QED) is 0.789. The van der Waals surface area contributed by atoms with Crippen molar-refractivity contribution < 1.29 is 8.42 Å². The summed E-state index contributed by atoms with van der Waals surface area (Å²) in [5, 5.41) is 3.60. The Hall–Kier alpha value is -0.390. The molecule has 0 aromatic heterocycles. The van der Waals surface area contributed by atoms with Crippen molar-refractivity contribution in [3.05, 3.63) is 12.2 Å². The average molecular weight is 298 g/mol. The summed E-state index contributed by atoms with van der Waals surface area (Å²) in [5.74, 6) is 0.772. The Labute approximate surface area is 122 Å². The normalized spacial score (nSPS) is 29.7. The molecule has 2 fully saturated rings. The number of nitrogens with zero attached hydrogens (tertiary/aromatic N) is 1. The van der Waals surface area contributed by atoms with Gasteiger partial charge in [-0.1, -0.05) is 12.2 Å². The standard InChI is InChI=1S/C15H26N2O2S/c18-20(19,15-6-7-15)17-10-8-14(9-11-17)16-12-13-4-2-1-3-5-13/h1-2,13-16H,3-12H2/t13-/m1/s1. The Morgan fingerprint density at radius 2 is 1.80 bits per heavy atom. The number of hydrogen-bond donors (Lipinski definition) is 1. The van der Waals surface area contributed by atoms with E-state index < -0.39 is 10.0 Å². The highest BCUT2D eigenvalue weighted by atomic mass is 32.2. The molecule has 1 N–H and O–H groups in total. The zero-order valence-electron chi connectivity index (χ0n) is 12.1. The number of nitrogens with one attached hydrogen (secondary N) is 1. The van der Waals surface area contributed by atoms with E-state index >= 15 is 0 Å². The molecule has 1 saturated carbocycles. The predicted octanol–water partition coefficient (Wildman–Crippen LogP) is 1.89. The van der Waals surface area contributed by atoms with Gasteiger partial charge < -0.3 is 5.32 Å². The summed E-state index contributed by atoms with van der Waals surface area (Å²) in [5.41, 5.74) is 0. The van der Waals surface area contributed by atoms with Crippen LogP contribution in [0.2, 0.25) is 0 Å². The van der Waals surface area contributed by atoms with E-state index in [2.05, 4.69) is 17.5 Å². The minimum absolute atomic E-state index is 0.0546. The van der Waals surface area contributed by atoms with E-state index in [1.165, 1.54) is 19.3 Å². The summed E-state index contributed by atoms with van der Waals surface area (Å²) >= 11 is 0.